The molecule has 69 heavy (non-hydrogen) atoms. The van der Waals surface area contributed by atoms with Crippen LogP contribution in [0.3, 0.4) is 0 Å². The third-order valence-corrected chi connectivity index (χ3v) is 9.62. The second kappa shape index (κ2) is 22.7. The molecule has 0 aliphatic heterocycles. The standard InChI is InChI=1S/C47H38F12N2O8/c48-44(49,50)40(66)20-36(62)19-28-5-1-6-29(15-28)24-60(25-30-7-2-10-33(16-30)37(63)21-41(67)45(51,52)53)13-14-61(26-31-8-3-11-34(17-31)38(64)22-42(68)46(54,55)56)27-32-9-4-12-35(18-32)39(65)23-43(69)47(57,58)59/h1-12,15-18,20-23,63-66H,13-14,19,24-27H2/b37-21?,38-22?,39-23?,40-20-. The topological polar surface area (TPSA) is 156 Å². The molecule has 4 aromatic rings. The van der Waals surface area contributed by atoms with E-state index in [0.29, 0.717) is 22.3 Å². The van der Waals surface area contributed by atoms with Gasteiger partial charge in [0.1, 0.15) is 17.3 Å². The number of carbonyl (C=O) groups excluding carboxylic acids is 4. The van der Waals surface area contributed by atoms with E-state index in [9.17, 15) is 92.3 Å². The molecule has 368 valence electrons. The first-order valence-electron chi connectivity index (χ1n) is 19.8. The number of rotatable bonds is 20. The highest BCUT2D eigenvalue weighted by atomic mass is 19.4. The van der Waals surface area contributed by atoms with Gasteiger partial charge in [-0.15, -0.1) is 0 Å². The van der Waals surface area contributed by atoms with Gasteiger partial charge in [0.25, 0.3) is 17.3 Å². The van der Waals surface area contributed by atoms with Gasteiger partial charge < -0.3 is 20.4 Å². The van der Waals surface area contributed by atoms with E-state index < -0.39 is 77.3 Å². The van der Waals surface area contributed by atoms with Crippen LogP contribution in [0.4, 0.5) is 52.7 Å². The normalized spacial score (nSPS) is 13.5. The minimum atomic E-state index is -5.30. The van der Waals surface area contributed by atoms with Crippen LogP contribution in [-0.2, 0) is 51.8 Å². The number of halogens is 12. The number of hydrogen-bond donors (Lipinski definition) is 4. The molecule has 4 N–H and O–H groups in total. The van der Waals surface area contributed by atoms with Crippen molar-refractivity contribution in [3.05, 3.63) is 172 Å². The van der Waals surface area contributed by atoms with Crippen molar-refractivity contribution in [1.29, 1.82) is 0 Å². The second-order valence-electron chi connectivity index (χ2n) is 15.2. The van der Waals surface area contributed by atoms with E-state index in [1.54, 1.807) is 15.9 Å². The highest BCUT2D eigenvalue weighted by Crippen LogP contribution is 2.26. The molecule has 4 rings (SSSR count). The summed E-state index contributed by atoms with van der Waals surface area (Å²) in [5, 5.41) is 40.5. The first-order valence-corrected chi connectivity index (χ1v) is 19.8. The van der Waals surface area contributed by atoms with Gasteiger partial charge in [0.15, 0.2) is 5.78 Å². The lowest BCUT2D eigenvalue weighted by molar-refractivity contribution is -0.165. The summed E-state index contributed by atoms with van der Waals surface area (Å²) in [6.45, 7) is -0.283. The smallest absolute Gasteiger partial charge is 0.454 e. The predicted octanol–water partition coefficient (Wildman–Crippen LogP) is 10.6. The molecule has 0 spiro atoms. The van der Waals surface area contributed by atoms with Crippen molar-refractivity contribution in [2.45, 2.75) is 57.3 Å². The maximum absolute atomic E-state index is 13.0. The number of allylic oxidation sites excluding steroid dienone is 5. The third kappa shape index (κ3) is 17.4. The molecule has 22 heteroatoms. The van der Waals surface area contributed by atoms with Gasteiger partial charge in [-0.1, -0.05) is 78.9 Å². The Hall–Kier alpha value is -7.20. The van der Waals surface area contributed by atoms with Gasteiger partial charge in [0, 0.05) is 86.7 Å². The number of carbonyl (C=O) groups is 4. The molecule has 0 atom stereocenters. The minimum Gasteiger partial charge on any atom is -0.507 e. The van der Waals surface area contributed by atoms with E-state index in [1.165, 1.54) is 91.0 Å². The Labute approximate surface area is 384 Å². The molecule has 0 aromatic heterocycles. The summed E-state index contributed by atoms with van der Waals surface area (Å²) in [6, 6.07) is 22.0. The van der Waals surface area contributed by atoms with Gasteiger partial charge in [-0.05, 0) is 46.0 Å². The number of aliphatic hydroxyl groups is 4. The van der Waals surface area contributed by atoms with Crippen molar-refractivity contribution in [3.63, 3.8) is 0 Å². The van der Waals surface area contributed by atoms with E-state index in [2.05, 4.69) is 0 Å². The maximum Gasteiger partial charge on any atom is 0.454 e. The lowest BCUT2D eigenvalue weighted by Crippen LogP contribution is -2.34. The van der Waals surface area contributed by atoms with E-state index >= 15 is 0 Å². The van der Waals surface area contributed by atoms with E-state index in [-0.39, 0.29) is 85.8 Å². The van der Waals surface area contributed by atoms with Crippen molar-refractivity contribution < 1.29 is 92.3 Å². The van der Waals surface area contributed by atoms with Crippen molar-refractivity contribution >= 4 is 40.4 Å². The molecule has 0 unspecified atom stereocenters. The first-order chi connectivity index (χ1) is 32.0. The minimum absolute atomic E-state index is 0.00182. The quantitative estimate of drug-likeness (QED) is 0.0382. The summed E-state index contributed by atoms with van der Waals surface area (Å²) < 4.78 is 155. The molecule has 0 aliphatic rings. The Kier molecular flexibility index (Phi) is 17.9. The zero-order valence-corrected chi connectivity index (χ0v) is 35.3. The molecule has 0 radical (unpaired) electrons. The van der Waals surface area contributed by atoms with Gasteiger partial charge in [-0.3, -0.25) is 29.0 Å². The summed E-state index contributed by atoms with van der Waals surface area (Å²) in [4.78, 5) is 50.5. The number of alkyl halides is 12. The van der Waals surface area contributed by atoms with Crippen molar-refractivity contribution in [2.24, 2.45) is 0 Å². The molecule has 4 aromatic carbocycles. The van der Waals surface area contributed by atoms with Crippen LogP contribution in [0.1, 0.15) is 44.5 Å². The first kappa shape index (κ1) is 54.4. The summed E-state index contributed by atoms with van der Waals surface area (Å²) >= 11 is 0. The Morgan fingerprint density at radius 1 is 0.406 bits per heavy atom. The van der Waals surface area contributed by atoms with Crippen LogP contribution in [0.5, 0.6) is 0 Å². The van der Waals surface area contributed by atoms with Crippen LogP contribution in [0.2, 0.25) is 0 Å². The zero-order valence-electron chi connectivity index (χ0n) is 35.3. The SMILES string of the molecule is O=C(/C=C(\O)C(F)(F)F)Cc1cccc(CN(CCN(Cc2cccc(C(O)=CC(=O)C(F)(F)F)c2)Cc2cccc(C(O)=CC(=O)C(F)(F)F)c2)Cc2cccc(C(O)=CC(=O)C(F)(F)F)c2)c1. The maximum atomic E-state index is 13.0. The average Bonchev–Trinajstić information content (AvgIpc) is 3.24. The number of nitrogens with zero attached hydrogens (tertiary/aromatic N) is 2. The highest BCUT2D eigenvalue weighted by Gasteiger charge is 2.39. The number of aliphatic hydroxyl groups excluding tert-OH is 4. The molecule has 0 aliphatic carbocycles. The van der Waals surface area contributed by atoms with Gasteiger partial charge in [0.2, 0.25) is 5.76 Å². The van der Waals surface area contributed by atoms with Crippen LogP contribution >= 0.6 is 0 Å². The van der Waals surface area contributed by atoms with Crippen molar-refractivity contribution in [2.75, 3.05) is 13.1 Å². The summed E-state index contributed by atoms with van der Waals surface area (Å²) in [5.41, 5.74) is 1.11. The fourth-order valence-corrected chi connectivity index (χ4v) is 6.42. The highest BCUT2D eigenvalue weighted by molar-refractivity contribution is 6.00. The molecule has 10 nitrogen and oxygen atoms in total. The van der Waals surface area contributed by atoms with Gasteiger partial charge in [0.05, 0.1) is 0 Å². The van der Waals surface area contributed by atoms with Gasteiger partial charge >= 0.3 is 24.7 Å². The second-order valence-corrected chi connectivity index (χ2v) is 15.2. The van der Waals surface area contributed by atoms with Crippen LogP contribution in [0.25, 0.3) is 17.3 Å². The van der Waals surface area contributed by atoms with Crippen LogP contribution in [-0.4, -0.2) is 91.2 Å². The summed E-state index contributed by atoms with van der Waals surface area (Å²) in [7, 11) is 0. The lowest BCUT2D eigenvalue weighted by atomic mass is 10.0. The molecule has 0 saturated heterocycles. The van der Waals surface area contributed by atoms with Crippen molar-refractivity contribution in [1.82, 2.24) is 9.80 Å². The molecular weight excluding hydrogens is 948 g/mol. The number of hydrogen-bond acceptors (Lipinski definition) is 10. The Morgan fingerprint density at radius 2 is 0.696 bits per heavy atom. The Balaban J connectivity index is 1.75. The van der Waals surface area contributed by atoms with Crippen molar-refractivity contribution in [3.8, 4) is 0 Å². The lowest BCUT2D eigenvalue weighted by Gasteiger charge is -2.29. The molecular formula is C47H38F12N2O8. The van der Waals surface area contributed by atoms with E-state index in [1.807, 2.05) is 0 Å². The fourth-order valence-electron chi connectivity index (χ4n) is 6.42. The van der Waals surface area contributed by atoms with Gasteiger partial charge in [-0.2, -0.15) is 52.7 Å². The Bertz CT molecular complexity index is 2560. The van der Waals surface area contributed by atoms with Crippen LogP contribution < -0.4 is 0 Å². The molecule has 0 amide bonds. The van der Waals surface area contributed by atoms with Crippen LogP contribution in [0, 0.1) is 0 Å². The third-order valence-electron chi connectivity index (χ3n) is 9.62. The molecule has 0 bridgehead atoms. The van der Waals surface area contributed by atoms with E-state index in [4.69, 9.17) is 0 Å². The average molecular weight is 987 g/mol. The molecule has 0 heterocycles. The Morgan fingerprint density at radius 3 is 1.00 bits per heavy atom. The fraction of sp³-hybridized carbons (Fsp3) is 0.234. The van der Waals surface area contributed by atoms with Gasteiger partial charge in [-0.25, -0.2) is 0 Å². The monoisotopic (exact) mass is 986 g/mol. The van der Waals surface area contributed by atoms with Crippen LogP contribution in [0.15, 0.2) is 127 Å². The van der Waals surface area contributed by atoms with E-state index in [0.717, 1.165) is 0 Å². The molecule has 0 saturated carbocycles. The largest absolute Gasteiger partial charge is 0.507 e. The molecule has 0 fully saturated rings. The summed E-state index contributed by atoms with van der Waals surface area (Å²) in [5.74, 6) is -13.3. The predicted molar refractivity (Wildman–Crippen MR) is 224 cm³/mol. The number of ketones is 4. The zero-order chi connectivity index (χ0) is 51.5. The summed E-state index contributed by atoms with van der Waals surface area (Å²) in [6.07, 6.45) is -21.7. The number of benzene rings is 4.